The van der Waals surface area contributed by atoms with E-state index in [-0.39, 0.29) is 5.82 Å². The molecular weight excluding hydrogens is 329 g/mol. The molecule has 0 atom stereocenters. The molecule has 3 aromatic rings. The summed E-state index contributed by atoms with van der Waals surface area (Å²) in [5.41, 5.74) is 1.85. The normalized spacial score (nSPS) is 10.8. The Morgan fingerprint density at radius 1 is 1.04 bits per heavy atom. The molecule has 1 aromatic heterocycles. The molecule has 0 bridgehead atoms. The van der Waals surface area contributed by atoms with Crippen LogP contribution in [0, 0.1) is 5.82 Å². The molecule has 1 N–H and O–H groups in total. The van der Waals surface area contributed by atoms with E-state index in [1.165, 1.54) is 12.1 Å². The maximum absolute atomic E-state index is 13.0. The Hall–Kier alpha value is -2.30. The van der Waals surface area contributed by atoms with E-state index in [1.54, 1.807) is 12.3 Å². The number of ether oxygens (including phenoxy) is 1. The van der Waals surface area contributed by atoms with Gasteiger partial charge in [0.2, 0.25) is 0 Å². The predicted octanol–water partition coefficient (Wildman–Crippen LogP) is 4.94. The van der Waals surface area contributed by atoms with E-state index < -0.39 is 0 Å². The van der Waals surface area contributed by atoms with Crippen LogP contribution in [0.2, 0.25) is 5.02 Å². The lowest BCUT2D eigenvalue weighted by Gasteiger charge is -2.10. The second-order valence-electron chi connectivity index (χ2n) is 5.35. The van der Waals surface area contributed by atoms with Gasteiger partial charge in [-0.1, -0.05) is 29.8 Å². The molecule has 0 radical (unpaired) electrons. The number of hydrogen-bond donors (Lipinski definition) is 1. The molecule has 0 saturated heterocycles. The Balaban J connectivity index is 1.54. The van der Waals surface area contributed by atoms with Gasteiger partial charge in [-0.2, -0.15) is 0 Å². The van der Waals surface area contributed by atoms with Crippen LogP contribution in [-0.2, 0) is 19.7 Å². The smallest absolute Gasteiger partial charge is 0.124 e. The van der Waals surface area contributed by atoms with E-state index >= 15 is 0 Å². The van der Waals surface area contributed by atoms with Crippen LogP contribution in [0.25, 0.3) is 0 Å². The first kappa shape index (κ1) is 16.6. The van der Waals surface area contributed by atoms with Gasteiger partial charge in [0.25, 0.3) is 0 Å². The lowest BCUT2D eigenvalue weighted by Crippen LogP contribution is -2.12. The topological polar surface area (TPSA) is 34.4 Å². The fraction of sp³-hybridized carbons (Fsp3) is 0.158. The SMILES string of the molecule is Fc1ccc(COc2cccc(CNCc3ccco3)c2)c(Cl)c1. The molecule has 1 heterocycles. The van der Waals surface area contributed by atoms with Gasteiger partial charge in [-0.3, -0.25) is 0 Å². The van der Waals surface area contributed by atoms with Crippen LogP contribution < -0.4 is 10.1 Å². The highest BCUT2D eigenvalue weighted by Crippen LogP contribution is 2.20. The molecule has 0 spiro atoms. The summed E-state index contributed by atoms with van der Waals surface area (Å²) in [6, 6.07) is 15.9. The first-order valence-corrected chi connectivity index (χ1v) is 7.97. The molecule has 24 heavy (non-hydrogen) atoms. The first-order chi connectivity index (χ1) is 11.7. The second-order valence-corrected chi connectivity index (χ2v) is 5.76. The summed E-state index contributed by atoms with van der Waals surface area (Å²) < 4.78 is 24.1. The van der Waals surface area contributed by atoms with Gasteiger partial charge < -0.3 is 14.5 Å². The highest BCUT2D eigenvalue weighted by atomic mass is 35.5. The van der Waals surface area contributed by atoms with Crippen LogP contribution in [0.1, 0.15) is 16.9 Å². The van der Waals surface area contributed by atoms with Gasteiger partial charge in [0, 0.05) is 12.1 Å². The minimum atomic E-state index is -0.353. The number of benzene rings is 2. The molecule has 124 valence electrons. The van der Waals surface area contributed by atoms with Crippen molar-refractivity contribution in [1.29, 1.82) is 0 Å². The Morgan fingerprint density at radius 3 is 2.75 bits per heavy atom. The Bertz CT molecular complexity index is 790. The maximum atomic E-state index is 13.0. The third-order valence-corrected chi connectivity index (χ3v) is 3.87. The molecule has 3 nitrogen and oxygen atoms in total. The molecule has 5 heteroatoms. The van der Waals surface area contributed by atoms with Crippen LogP contribution in [0.15, 0.2) is 65.3 Å². The van der Waals surface area contributed by atoms with Gasteiger partial charge in [0.15, 0.2) is 0 Å². The Labute approximate surface area is 145 Å². The number of rotatable bonds is 7. The van der Waals surface area contributed by atoms with Gasteiger partial charge >= 0.3 is 0 Å². The van der Waals surface area contributed by atoms with Crippen LogP contribution in [0.5, 0.6) is 5.75 Å². The lowest BCUT2D eigenvalue weighted by molar-refractivity contribution is 0.305. The predicted molar refractivity (Wildman–Crippen MR) is 91.4 cm³/mol. The summed E-state index contributed by atoms with van der Waals surface area (Å²) in [7, 11) is 0. The van der Waals surface area contributed by atoms with Crippen molar-refractivity contribution in [2.24, 2.45) is 0 Å². The highest BCUT2D eigenvalue weighted by Gasteiger charge is 2.04. The van der Waals surface area contributed by atoms with E-state index in [9.17, 15) is 4.39 Å². The molecule has 0 amide bonds. The van der Waals surface area contributed by atoms with Gasteiger partial charge in [-0.25, -0.2) is 4.39 Å². The third-order valence-electron chi connectivity index (χ3n) is 3.52. The van der Waals surface area contributed by atoms with Gasteiger partial charge in [0.05, 0.1) is 17.8 Å². The molecule has 0 aliphatic heterocycles. The molecule has 3 rings (SSSR count). The molecule has 0 saturated carbocycles. The summed E-state index contributed by atoms with van der Waals surface area (Å²) >= 11 is 6.01. The molecule has 0 fully saturated rings. The number of hydrogen-bond acceptors (Lipinski definition) is 3. The average Bonchev–Trinajstić information content (AvgIpc) is 3.08. The fourth-order valence-electron chi connectivity index (χ4n) is 2.29. The zero-order chi connectivity index (χ0) is 16.8. The van der Waals surface area contributed by atoms with Crippen molar-refractivity contribution in [3.05, 3.63) is 88.6 Å². The Morgan fingerprint density at radius 2 is 1.96 bits per heavy atom. The average molecular weight is 346 g/mol. The van der Waals surface area contributed by atoms with Crippen molar-refractivity contribution < 1.29 is 13.5 Å². The van der Waals surface area contributed by atoms with E-state index in [0.29, 0.717) is 24.7 Å². The summed E-state index contributed by atoms with van der Waals surface area (Å²) in [4.78, 5) is 0. The van der Waals surface area contributed by atoms with Crippen molar-refractivity contribution in [3.63, 3.8) is 0 Å². The summed E-state index contributed by atoms with van der Waals surface area (Å²) in [6.45, 7) is 1.67. The van der Waals surface area contributed by atoms with Gasteiger partial charge in [-0.05, 0) is 42.0 Å². The minimum absolute atomic E-state index is 0.294. The monoisotopic (exact) mass is 345 g/mol. The lowest BCUT2D eigenvalue weighted by atomic mass is 10.2. The van der Waals surface area contributed by atoms with Crippen LogP contribution in [0.3, 0.4) is 0 Å². The van der Waals surface area contributed by atoms with Crippen molar-refractivity contribution in [2.45, 2.75) is 19.7 Å². The van der Waals surface area contributed by atoms with E-state index in [2.05, 4.69) is 5.32 Å². The van der Waals surface area contributed by atoms with Gasteiger partial charge in [-0.15, -0.1) is 0 Å². The van der Waals surface area contributed by atoms with Crippen molar-refractivity contribution in [2.75, 3.05) is 0 Å². The standard InChI is InChI=1S/C19H17ClFNO2/c20-19-10-16(21)7-6-15(19)13-24-17-4-1-3-14(9-17)11-22-12-18-5-2-8-23-18/h1-10,22H,11-13H2. The Kier molecular flexibility index (Phi) is 5.51. The van der Waals surface area contributed by atoms with Crippen molar-refractivity contribution >= 4 is 11.6 Å². The molecule has 0 unspecified atom stereocenters. The number of nitrogens with one attached hydrogen (secondary N) is 1. The quantitative estimate of drug-likeness (QED) is 0.658. The molecule has 2 aromatic carbocycles. The van der Waals surface area contributed by atoms with Crippen molar-refractivity contribution in [3.8, 4) is 5.75 Å². The summed E-state index contributed by atoms with van der Waals surface area (Å²) in [6.07, 6.45) is 1.66. The fourth-order valence-corrected chi connectivity index (χ4v) is 2.51. The largest absolute Gasteiger partial charge is 0.489 e. The van der Waals surface area contributed by atoms with E-state index in [4.69, 9.17) is 20.8 Å². The molecule has 0 aliphatic rings. The molecule has 0 aliphatic carbocycles. The second kappa shape index (κ2) is 7.99. The highest BCUT2D eigenvalue weighted by molar-refractivity contribution is 6.31. The molecular formula is C19H17ClFNO2. The summed E-state index contributed by atoms with van der Waals surface area (Å²) in [5.74, 6) is 1.29. The van der Waals surface area contributed by atoms with Gasteiger partial charge in [0.1, 0.15) is 23.9 Å². The maximum Gasteiger partial charge on any atom is 0.124 e. The minimum Gasteiger partial charge on any atom is -0.489 e. The van der Waals surface area contributed by atoms with Crippen LogP contribution in [0.4, 0.5) is 4.39 Å². The van der Waals surface area contributed by atoms with Crippen LogP contribution in [-0.4, -0.2) is 0 Å². The zero-order valence-electron chi connectivity index (χ0n) is 13.0. The van der Waals surface area contributed by atoms with E-state index in [0.717, 1.165) is 22.6 Å². The van der Waals surface area contributed by atoms with Crippen molar-refractivity contribution in [1.82, 2.24) is 5.32 Å². The van der Waals surface area contributed by atoms with Crippen LogP contribution >= 0.6 is 11.6 Å². The number of halogens is 2. The van der Waals surface area contributed by atoms with E-state index in [1.807, 2.05) is 36.4 Å². The zero-order valence-corrected chi connectivity index (χ0v) is 13.7. The first-order valence-electron chi connectivity index (χ1n) is 7.59. The number of furan rings is 1. The third kappa shape index (κ3) is 4.60. The summed E-state index contributed by atoms with van der Waals surface area (Å²) in [5, 5.41) is 3.68.